The van der Waals surface area contributed by atoms with Gasteiger partial charge in [0, 0.05) is 37.7 Å². The van der Waals surface area contributed by atoms with Crippen LogP contribution in [0, 0.1) is 11.6 Å². The highest BCUT2D eigenvalue weighted by atomic mass is 32.2. The lowest BCUT2D eigenvalue weighted by atomic mass is 10.1. The monoisotopic (exact) mass is 597 g/mol. The van der Waals surface area contributed by atoms with Crippen LogP contribution in [0.25, 0.3) is 11.3 Å². The summed E-state index contributed by atoms with van der Waals surface area (Å²) in [5, 5.41) is 12.4. The van der Waals surface area contributed by atoms with Crippen LogP contribution in [0.1, 0.15) is 18.5 Å². The first kappa shape index (κ1) is 28.6. The van der Waals surface area contributed by atoms with E-state index in [1.807, 2.05) is 4.72 Å². The molecule has 0 spiro atoms. The van der Waals surface area contributed by atoms with Gasteiger partial charge in [-0.3, -0.25) is 9.71 Å². The van der Waals surface area contributed by atoms with Crippen LogP contribution in [-0.4, -0.2) is 63.6 Å². The Morgan fingerprint density at radius 1 is 1.02 bits per heavy atom. The molecule has 1 atom stereocenters. The maximum absolute atomic E-state index is 15.0. The first-order valence-corrected chi connectivity index (χ1v) is 14.4. The van der Waals surface area contributed by atoms with Crippen molar-refractivity contribution in [2.24, 2.45) is 0 Å². The number of aromatic nitrogens is 4. The van der Waals surface area contributed by atoms with Crippen molar-refractivity contribution < 1.29 is 31.8 Å². The number of likely N-dealkylation sites (tertiary alicyclic amines) is 1. The first-order chi connectivity index (χ1) is 20.2. The molecular formula is C27H25F2N7O5S. The SMILES string of the molecule is O=C(O)N1CCC[C@H](Nc2nccc(-c3cccnc3Oc3ccc(NS(=O)(=O)Cc4ccccn4)c(F)c3F)n2)C1. The molecule has 1 saturated heterocycles. The third-order valence-electron chi connectivity index (χ3n) is 6.31. The first-order valence-electron chi connectivity index (χ1n) is 12.8. The van der Waals surface area contributed by atoms with Crippen LogP contribution in [0.4, 0.5) is 25.2 Å². The summed E-state index contributed by atoms with van der Waals surface area (Å²) < 4.78 is 62.6. The van der Waals surface area contributed by atoms with Gasteiger partial charge in [0.05, 0.1) is 22.6 Å². The Balaban J connectivity index is 1.33. The lowest BCUT2D eigenvalue weighted by Gasteiger charge is -2.31. The number of piperidine rings is 1. The predicted molar refractivity (Wildman–Crippen MR) is 148 cm³/mol. The summed E-state index contributed by atoms with van der Waals surface area (Å²) in [6.07, 6.45) is 4.75. The highest BCUT2D eigenvalue weighted by molar-refractivity contribution is 7.91. The summed E-state index contributed by atoms with van der Waals surface area (Å²) in [5.74, 6) is -3.76. The second kappa shape index (κ2) is 12.3. The third kappa shape index (κ3) is 6.86. The Hall–Kier alpha value is -4.92. The molecule has 4 aromatic rings. The molecule has 5 rings (SSSR count). The van der Waals surface area contributed by atoms with E-state index in [1.165, 1.54) is 29.6 Å². The number of benzene rings is 1. The van der Waals surface area contributed by atoms with Crippen LogP contribution in [0.5, 0.6) is 11.6 Å². The molecule has 3 N–H and O–H groups in total. The number of rotatable bonds is 9. The van der Waals surface area contributed by atoms with Crippen LogP contribution in [-0.2, 0) is 15.8 Å². The maximum Gasteiger partial charge on any atom is 0.407 e. The summed E-state index contributed by atoms with van der Waals surface area (Å²) in [7, 11) is -4.09. The lowest BCUT2D eigenvalue weighted by molar-refractivity contribution is 0.132. The van der Waals surface area contributed by atoms with E-state index in [2.05, 4.69) is 25.3 Å². The lowest BCUT2D eigenvalue weighted by Crippen LogP contribution is -2.44. The molecule has 218 valence electrons. The molecule has 0 aliphatic carbocycles. The minimum Gasteiger partial charge on any atom is -0.465 e. The van der Waals surface area contributed by atoms with Gasteiger partial charge in [-0.2, -0.15) is 4.39 Å². The zero-order chi connectivity index (χ0) is 29.7. The quantitative estimate of drug-likeness (QED) is 0.251. The van der Waals surface area contributed by atoms with E-state index in [0.29, 0.717) is 24.2 Å². The molecule has 0 unspecified atom stereocenters. The summed E-state index contributed by atoms with van der Waals surface area (Å²) in [5.41, 5.74) is 0.352. The summed E-state index contributed by atoms with van der Waals surface area (Å²) in [4.78, 5) is 29.4. The van der Waals surface area contributed by atoms with E-state index in [9.17, 15) is 22.7 Å². The smallest absolute Gasteiger partial charge is 0.407 e. The molecule has 1 aliphatic rings. The average molecular weight is 598 g/mol. The van der Waals surface area contributed by atoms with Crippen molar-refractivity contribution in [3.05, 3.63) is 84.4 Å². The molecule has 15 heteroatoms. The molecular weight excluding hydrogens is 572 g/mol. The van der Waals surface area contributed by atoms with Crippen molar-refractivity contribution in [2.45, 2.75) is 24.6 Å². The van der Waals surface area contributed by atoms with Gasteiger partial charge in [0.1, 0.15) is 5.75 Å². The van der Waals surface area contributed by atoms with Gasteiger partial charge < -0.3 is 20.1 Å². The van der Waals surface area contributed by atoms with Crippen molar-refractivity contribution in [2.75, 3.05) is 23.1 Å². The van der Waals surface area contributed by atoms with Gasteiger partial charge in [-0.1, -0.05) is 6.07 Å². The number of hydrogen-bond donors (Lipinski definition) is 3. The second-order valence-corrected chi connectivity index (χ2v) is 11.1. The van der Waals surface area contributed by atoms with Crippen LogP contribution < -0.4 is 14.8 Å². The standard InChI is InChI=1S/C27H25F2N7O5S/c28-23-21(35-42(39,40)16-18-5-1-2-11-30-18)8-9-22(24(23)29)41-25-19(7-3-12-31-25)20-10-13-32-26(34-20)33-17-6-4-14-36(15-17)27(37)38/h1-3,5,7-13,17,35H,4,6,14-16H2,(H,37,38)(H,32,33,34)/t17-/m0/s1. The van der Waals surface area contributed by atoms with Crippen LogP contribution >= 0.6 is 0 Å². The van der Waals surface area contributed by atoms with Crippen molar-refractivity contribution >= 4 is 27.8 Å². The molecule has 4 heterocycles. The minimum absolute atomic E-state index is 0.0846. The number of ether oxygens (including phenoxy) is 1. The molecule has 0 radical (unpaired) electrons. The number of pyridine rings is 2. The maximum atomic E-state index is 15.0. The summed E-state index contributed by atoms with van der Waals surface area (Å²) in [6.45, 7) is 0.740. The molecule has 1 amide bonds. The van der Waals surface area contributed by atoms with Gasteiger partial charge in [0.2, 0.25) is 27.7 Å². The van der Waals surface area contributed by atoms with Crippen LogP contribution in [0.3, 0.4) is 0 Å². The second-order valence-electron chi connectivity index (χ2n) is 9.36. The molecule has 1 aromatic carbocycles. The number of hydrogen-bond acceptors (Lipinski definition) is 9. The van der Waals surface area contributed by atoms with Crippen molar-refractivity contribution in [3.8, 4) is 22.9 Å². The topological polar surface area (TPSA) is 160 Å². The predicted octanol–water partition coefficient (Wildman–Crippen LogP) is 4.50. The van der Waals surface area contributed by atoms with E-state index < -0.39 is 44.9 Å². The Morgan fingerprint density at radius 3 is 2.64 bits per heavy atom. The molecule has 3 aromatic heterocycles. The van der Waals surface area contributed by atoms with Crippen LogP contribution in [0.15, 0.2) is 67.1 Å². The van der Waals surface area contributed by atoms with Crippen molar-refractivity contribution in [1.29, 1.82) is 0 Å². The van der Waals surface area contributed by atoms with Gasteiger partial charge in [0.25, 0.3) is 0 Å². The van der Waals surface area contributed by atoms with E-state index >= 15 is 4.39 Å². The Bertz CT molecular complexity index is 1700. The molecule has 0 bridgehead atoms. The third-order valence-corrected chi connectivity index (χ3v) is 7.52. The highest BCUT2D eigenvalue weighted by Gasteiger charge is 2.24. The average Bonchev–Trinajstić information content (AvgIpc) is 2.98. The Morgan fingerprint density at radius 2 is 1.86 bits per heavy atom. The van der Waals surface area contributed by atoms with Gasteiger partial charge in [-0.15, -0.1) is 0 Å². The Kier molecular flexibility index (Phi) is 8.38. The fourth-order valence-corrected chi connectivity index (χ4v) is 5.50. The number of halogens is 2. The zero-order valence-corrected chi connectivity index (χ0v) is 22.8. The molecule has 0 saturated carbocycles. The molecule has 1 aliphatic heterocycles. The molecule has 12 nitrogen and oxygen atoms in total. The summed E-state index contributed by atoms with van der Waals surface area (Å²) in [6, 6.07) is 11.5. The highest BCUT2D eigenvalue weighted by Crippen LogP contribution is 2.34. The van der Waals surface area contributed by atoms with E-state index in [-0.39, 0.29) is 30.1 Å². The van der Waals surface area contributed by atoms with Gasteiger partial charge in [-0.05, 0) is 55.3 Å². The van der Waals surface area contributed by atoms with E-state index in [4.69, 9.17) is 4.74 Å². The largest absolute Gasteiger partial charge is 0.465 e. The Labute approximate surface area is 239 Å². The van der Waals surface area contributed by atoms with Crippen molar-refractivity contribution in [1.82, 2.24) is 24.8 Å². The molecule has 1 fully saturated rings. The number of sulfonamides is 1. The van der Waals surface area contributed by atoms with Gasteiger partial charge >= 0.3 is 6.09 Å². The van der Waals surface area contributed by atoms with E-state index in [1.54, 1.807) is 30.3 Å². The number of anilines is 2. The fraction of sp³-hybridized carbons (Fsp3) is 0.222. The number of carbonyl (C=O) groups is 1. The fourth-order valence-electron chi connectivity index (χ4n) is 4.37. The minimum atomic E-state index is -4.09. The zero-order valence-electron chi connectivity index (χ0n) is 21.9. The number of nitrogens with zero attached hydrogens (tertiary/aromatic N) is 5. The van der Waals surface area contributed by atoms with Gasteiger partial charge in [-0.25, -0.2) is 32.6 Å². The molecule has 42 heavy (non-hydrogen) atoms. The van der Waals surface area contributed by atoms with Crippen molar-refractivity contribution in [3.63, 3.8) is 0 Å². The van der Waals surface area contributed by atoms with Crippen LogP contribution in [0.2, 0.25) is 0 Å². The normalized spacial score (nSPS) is 15.2. The van der Waals surface area contributed by atoms with Gasteiger partial charge in [0.15, 0.2) is 11.6 Å². The number of nitrogens with one attached hydrogen (secondary N) is 2. The number of amides is 1. The summed E-state index contributed by atoms with van der Waals surface area (Å²) >= 11 is 0. The van der Waals surface area contributed by atoms with E-state index in [0.717, 1.165) is 18.6 Å². The number of carboxylic acid groups (broad SMARTS) is 1.